The van der Waals surface area contributed by atoms with Gasteiger partial charge in [0.05, 0.1) is 6.42 Å². The largest absolute Gasteiger partial charge is 0.326 e. The first-order chi connectivity index (χ1) is 12.2. The Balaban J connectivity index is 1.67. The summed E-state index contributed by atoms with van der Waals surface area (Å²) in [6, 6.07) is 18.8. The summed E-state index contributed by atoms with van der Waals surface area (Å²) in [4.78, 5) is 16.2. The van der Waals surface area contributed by atoms with Crippen LogP contribution in [-0.4, -0.2) is 10.9 Å². The summed E-state index contributed by atoms with van der Waals surface area (Å²) in [5.41, 5.74) is 2.73. The first-order valence-corrected chi connectivity index (χ1v) is 7.76. The summed E-state index contributed by atoms with van der Waals surface area (Å²) < 4.78 is 13.2. The van der Waals surface area contributed by atoms with Gasteiger partial charge in [0, 0.05) is 17.4 Å². The van der Waals surface area contributed by atoms with Crippen LogP contribution in [0.4, 0.5) is 10.1 Å². The standard InChI is InChI=1S/C21H15FN2O/c22-18-7-3-6-17(13-18)15-21(25)24-20-9-4-5-16(14-20)10-11-19-8-1-2-12-23-19/h1-9,12-14H,15H2,(H,24,25). The molecule has 1 heterocycles. The molecule has 0 bridgehead atoms. The van der Waals surface area contributed by atoms with E-state index < -0.39 is 0 Å². The molecule has 25 heavy (non-hydrogen) atoms. The lowest BCUT2D eigenvalue weighted by Crippen LogP contribution is -2.14. The monoisotopic (exact) mass is 330 g/mol. The Bertz CT molecular complexity index is 943. The number of halogens is 1. The number of pyridine rings is 1. The lowest BCUT2D eigenvalue weighted by molar-refractivity contribution is -0.115. The third-order valence-electron chi connectivity index (χ3n) is 3.40. The Labute approximate surface area is 145 Å². The molecule has 0 spiro atoms. The number of aromatic nitrogens is 1. The van der Waals surface area contributed by atoms with E-state index in [-0.39, 0.29) is 18.1 Å². The highest BCUT2D eigenvalue weighted by Gasteiger charge is 2.05. The number of hydrogen-bond donors (Lipinski definition) is 1. The molecule has 3 rings (SSSR count). The Morgan fingerprint density at radius 1 is 1.00 bits per heavy atom. The second-order valence-electron chi connectivity index (χ2n) is 5.40. The van der Waals surface area contributed by atoms with E-state index in [1.54, 1.807) is 30.5 Å². The number of nitrogens with one attached hydrogen (secondary N) is 1. The molecule has 0 saturated carbocycles. The number of rotatable bonds is 3. The number of benzene rings is 2. The molecule has 0 fully saturated rings. The van der Waals surface area contributed by atoms with Crippen LogP contribution in [0.2, 0.25) is 0 Å². The van der Waals surface area contributed by atoms with Gasteiger partial charge >= 0.3 is 0 Å². The zero-order chi connectivity index (χ0) is 17.5. The third-order valence-corrected chi connectivity index (χ3v) is 3.40. The predicted octanol–water partition coefficient (Wildman–Crippen LogP) is 3.80. The van der Waals surface area contributed by atoms with Crippen LogP contribution < -0.4 is 5.32 Å². The summed E-state index contributed by atoms with van der Waals surface area (Å²) in [6.07, 6.45) is 1.80. The van der Waals surface area contributed by atoms with Gasteiger partial charge in [0.1, 0.15) is 11.5 Å². The second-order valence-corrected chi connectivity index (χ2v) is 5.40. The van der Waals surface area contributed by atoms with Crippen LogP contribution in [-0.2, 0) is 11.2 Å². The SMILES string of the molecule is O=C(Cc1cccc(F)c1)Nc1cccc(C#Cc2ccccn2)c1. The minimum Gasteiger partial charge on any atom is -0.326 e. The topological polar surface area (TPSA) is 42.0 Å². The lowest BCUT2D eigenvalue weighted by Gasteiger charge is -2.06. The van der Waals surface area contributed by atoms with Crippen molar-refractivity contribution in [1.82, 2.24) is 4.98 Å². The first kappa shape index (κ1) is 16.4. The molecule has 2 aromatic carbocycles. The summed E-state index contributed by atoms with van der Waals surface area (Å²) in [5.74, 6) is 5.43. The Kier molecular flexibility index (Phi) is 5.18. The minimum absolute atomic E-state index is 0.113. The van der Waals surface area contributed by atoms with Crippen LogP contribution in [0.25, 0.3) is 0 Å². The maximum Gasteiger partial charge on any atom is 0.228 e. The second kappa shape index (κ2) is 7.89. The molecule has 1 aromatic heterocycles. The van der Waals surface area contributed by atoms with Crippen molar-refractivity contribution >= 4 is 11.6 Å². The lowest BCUT2D eigenvalue weighted by atomic mass is 10.1. The van der Waals surface area contributed by atoms with Crippen LogP contribution in [0.1, 0.15) is 16.8 Å². The highest BCUT2D eigenvalue weighted by atomic mass is 19.1. The van der Waals surface area contributed by atoms with Crippen LogP contribution in [0.3, 0.4) is 0 Å². The van der Waals surface area contributed by atoms with E-state index >= 15 is 0 Å². The van der Waals surface area contributed by atoms with E-state index in [0.29, 0.717) is 16.9 Å². The van der Waals surface area contributed by atoms with Crippen LogP contribution >= 0.6 is 0 Å². The number of carbonyl (C=O) groups excluding carboxylic acids is 1. The number of carbonyl (C=O) groups is 1. The van der Waals surface area contributed by atoms with Crippen LogP contribution in [0.15, 0.2) is 72.9 Å². The van der Waals surface area contributed by atoms with Crippen molar-refractivity contribution in [3.8, 4) is 11.8 Å². The molecule has 1 amide bonds. The highest BCUT2D eigenvalue weighted by Crippen LogP contribution is 2.11. The zero-order valence-electron chi connectivity index (χ0n) is 13.4. The molecule has 0 aliphatic heterocycles. The van der Waals surface area contributed by atoms with Crippen molar-refractivity contribution < 1.29 is 9.18 Å². The van der Waals surface area contributed by atoms with E-state index in [1.165, 1.54) is 12.1 Å². The molecule has 0 radical (unpaired) electrons. The maximum atomic E-state index is 13.2. The molecule has 3 nitrogen and oxygen atoms in total. The summed E-state index contributed by atoms with van der Waals surface area (Å²) >= 11 is 0. The summed E-state index contributed by atoms with van der Waals surface area (Å²) in [6.45, 7) is 0. The van der Waals surface area contributed by atoms with E-state index in [1.807, 2.05) is 30.3 Å². The fourth-order valence-electron chi connectivity index (χ4n) is 2.29. The normalized spacial score (nSPS) is 9.80. The predicted molar refractivity (Wildman–Crippen MR) is 95.4 cm³/mol. The quantitative estimate of drug-likeness (QED) is 0.742. The van der Waals surface area contributed by atoms with E-state index in [4.69, 9.17) is 0 Å². The fourth-order valence-corrected chi connectivity index (χ4v) is 2.29. The number of amides is 1. The van der Waals surface area contributed by atoms with Crippen molar-refractivity contribution in [2.24, 2.45) is 0 Å². The minimum atomic E-state index is -0.350. The average Bonchev–Trinajstić information content (AvgIpc) is 2.61. The maximum absolute atomic E-state index is 13.2. The summed E-state index contributed by atoms with van der Waals surface area (Å²) in [5, 5.41) is 2.80. The number of hydrogen-bond acceptors (Lipinski definition) is 2. The van der Waals surface area contributed by atoms with Crippen LogP contribution in [0.5, 0.6) is 0 Å². The molecule has 0 aliphatic carbocycles. The van der Waals surface area contributed by atoms with Gasteiger partial charge in [-0.3, -0.25) is 4.79 Å². The van der Waals surface area contributed by atoms with Crippen molar-refractivity contribution in [3.05, 3.63) is 95.6 Å². The molecule has 4 heteroatoms. The van der Waals surface area contributed by atoms with Gasteiger partial charge in [-0.25, -0.2) is 9.37 Å². The van der Waals surface area contributed by atoms with Gasteiger partial charge in [0.2, 0.25) is 5.91 Å². The molecule has 122 valence electrons. The molecule has 0 unspecified atom stereocenters. The summed E-state index contributed by atoms with van der Waals surface area (Å²) in [7, 11) is 0. The molecule has 0 aliphatic rings. The first-order valence-electron chi connectivity index (χ1n) is 7.76. The van der Waals surface area contributed by atoms with E-state index in [0.717, 1.165) is 5.56 Å². The molecule has 0 atom stereocenters. The third kappa shape index (κ3) is 5.02. The van der Waals surface area contributed by atoms with Gasteiger partial charge in [-0.2, -0.15) is 0 Å². The van der Waals surface area contributed by atoms with Gasteiger partial charge < -0.3 is 5.32 Å². The van der Waals surface area contributed by atoms with Crippen molar-refractivity contribution in [3.63, 3.8) is 0 Å². The number of anilines is 1. The molecule has 0 saturated heterocycles. The molecular formula is C21H15FN2O. The smallest absolute Gasteiger partial charge is 0.228 e. The zero-order valence-corrected chi connectivity index (χ0v) is 13.4. The Morgan fingerprint density at radius 2 is 1.88 bits per heavy atom. The van der Waals surface area contributed by atoms with Crippen molar-refractivity contribution in [2.45, 2.75) is 6.42 Å². The van der Waals surface area contributed by atoms with E-state index in [2.05, 4.69) is 22.1 Å². The number of nitrogens with zero attached hydrogens (tertiary/aromatic N) is 1. The Hall–Kier alpha value is -3.45. The van der Waals surface area contributed by atoms with Crippen LogP contribution in [0, 0.1) is 17.7 Å². The van der Waals surface area contributed by atoms with Gasteiger partial charge in [0.15, 0.2) is 0 Å². The van der Waals surface area contributed by atoms with Crippen molar-refractivity contribution in [1.29, 1.82) is 0 Å². The molecule has 3 aromatic rings. The van der Waals surface area contributed by atoms with Gasteiger partial charge in [-0.05, 0) is 53.9 Å². The van der Waals surface area contributed by atoms with E-state index in [9.17, 15) is 9.18 Å². The van der Waals surface area contributed by atoms with Crippen molar-refractivity contribution in [2.75, 3.05) is 5.32 Å². The fraction of sp³-hybridized carbons (Fsp3) is 0.0476. The van der Waals surface area contributed by atoms with Gasteiger partial charge in [0.25, 0.3) is 0 Å². The van der Waals surface area contributed by atoms with Gasteiger partial charge in [-0.1, -0.05) is 30.2 Å². The molecular weight excluding hydrogens is 315 g/mol. The van der Waals surface area contributed by atoms with Gasteiger partial charge in [-0.15, -0.1) is 0 Å². The molecule has 1 N–H and O–H groups in total. The average molecular weight is 330 g/mol. The Morgan fingerprint density at radius 3 is 2.68 bits per heavy atom. The highest BCUT2D eigenvalue weighted by molar-refractivity contribution is 5.92.